The Balaban J connectivity index is 2.85. The minimum Gasteiger partial charge on any atom is -0.264 e. The van der Waals surface area contributed by atoms with E-state index in [1.54, 1.807) is 12.4 Å². The summed E-state index contributed by atoms with van der Waals surface area (Å²) in [5, 5.41) is 3.44. The molecule has 0 aliphatic heterocycles. The predicted octanol–water partition coefficient (Wildman–Crippen LogP) is 2.20. The van der Waals surface area contributed by atoms with Crippen LogP contribution in [0.5, 0.6) is 0 Å². The highest BCUT2D eigenvalue weighted by Gasteiger charge is 1.93. The van der Waals surface area contributed by atoms with Crippen LogP contribution in [0.25, 0.3) is 10.4 Å². The average Bonchev–Trinajstić information content (AvgIpc) is 2.03. The van der Waals surface area contributed by atoms with Gasteiger partial charge in [0.1, 0.15) is 0 Å². The van der Waals surface area contributed by atoms with Crippen molar-refractivity contribution < 1.29 is 0 Å². The summed E-state index contributed by atoms with van der Waals surface area (Å²) in [4.78, 5) is 6.58. The van der Waals surface area contributed by atoms with Crippen molar-refractivity contribution in [3.05, 3.63) is 40.0 Å². The van der Waals surface area contributed by atoms with Crippen molar-refractivity contribution in [2.24, 2.45) is 5.11 Å². The minimum atomic E-state index is 0.385. The zero-order valence-electron chi connectivity index (χ0n) is 6.23. The SMILES string of the molecule is Cc1ccncc1CN=[N+]=[N-]. The van der Waals surface area contributed by atoms with Gasteiger partial charge in [-0.2, -0.15) is 0 Å². The summed E-state index contributed by atoms with van der Waals surface area (Å²) >= 11 is 0. The van der Waals surface area contributed by atoms with Crippen LogP contribution < -0.4 is 0 Å². The van der Waals surface area contributed by atoms with Crippen molar-refractivity contribution >= 4 is 0 Å². The third kappa shape index (κ3) is 1.95. The molecule has 0 N–H and O–H groups in total. The molecule has 1 rings (SSSR count). The second kappa shape index (κ2) is 3.58. The fourth-order valence-electron chi connectivity index (χ4n) is 0.770. The summed E-state index contributed by atoms with van der Waals surface area (Å²) < 4.78 is 0. The van der Waals surface area contributed by atoms with Crippen molar-refractivity contribution in [1.82, 2.24) is 4.98 Å². The van der Waals surface area contributed by atoms with Crippen molar-refractivity contribution in [3.8, 4) is 0 Å². The van der Waals surface area contributed by atoms with E-state index in [4.69, 9.17) is 5.53 Å². The number of nitrogens with zero attached hydrogens (tertiary/aromatic N) is 4. The van der Waals surface area contributed by atoms with Crippen molar-refractivity contribution in [3.63, 3.8) is 0 Å². The van der Waals surface area contributed by atoms with E-state index in [0.717, 1.165) is 11.1 Å². The van der Waals surface area contributed by atoms with Gasteiger partial charge in [0, 0.05) is 17.3 Å². The summed E-state index contributed by atoms with van der Waals surface area (Å²) in [5.74, 6) is 0. The van der Waals surface area contributed by atoms with Crippen molar-refractivity contribution in [2.75, 3.05) is 0 Å². The molecular formula is C7H8N4. The maximum Gasteiger partial charge on any atom is 0.0528 e. The summed E-state index contributed by atoms with van der Waals surface area (Å²) in [5.41, 5.74) is 10.1. The third-order valence-electron chi connectivity index (χ3n) is 1.45. The Morgan fingerprint density at radius 1 is 1.73 bits per heavy atom. The zero-order valence-corrected chi connectivity index (χ0v) is 6.23. The molecule has 0 fully saturated rings. The van der Waals surface area contributed by atoms with E-state index in [1.807, 2.05) is 13.0 Å². The lowest BCUT2D eigenvalue weighted by Crippen LogP contribution is -1.86. The largest absolute Gasteiger partial charge is 0.264 e. The van der Waals surface area contributed by atoms with Gasteiger partial charge in [0.05, 0.1) is 6.54 Å². The fourth-order valence-corrected chi connectivity index (χ4v) is 0.770. The summed E-state index contributed by atoms with van der Waals surface area (Å²) in [7, 11) is 0. The van der Waals surface area contributed by atoms with Crippen LogP contribution in [0.1, 0.15) is 11.1 Å². The van der Waals surface area contributed by atoms with Crippen LogP contribution >= 0.6 is 0 Å². The summed E-state index contributed by atoms with van der Waals surface area (Å²) in [6.45, 7) is 2.35. The Labute approximate surface area is 64.5 Å². The molecule has 0 aliphatic carbocycles. The van der Waals surface area contributed by atoms with Gasteiger partial charge in [-0.3, -0.25) is 4.98 Å². The van der Waals surface area contributed by atoms with Gasteiger partial charge >= 0.3 is 0 Å². The minimum absolute atomic E-state index is 0.385. The molecular weight excluding hydrogens is 140 g/mol. The Hall–Kier alpha value is -1.54. The molecule has 0 aromatic carbocycles. The molecule has 4 nitrogen and oxygen atoms in total. The second-order valence-corrected chi connectivity index (χ2v) is 2.19. The van der Waals surface area contributed by atoms with Crippen LogP contribution in [0.4, 0.5) is 0 Å². The van der Waals surface area contributed by atoms with Gasteiger partial charge < -0.3 is 0 Å². The molecule has 0 spiro atoms. The normalized spacial score (nSPS) is 8.82. The smallest absolute Gasteiger partial charge is 0.0528 e. The van der Waals surface area contributed by atoms with Gasteiger partial charge in [0.15, 0.2) is 0 Å². The molecule has 1 heterocycles. The first kappa shape index (κ1) is 7.57. The van der Waals surface area contributed by atoms with Gasteiger partial charge in [-0.15, -0.1) is 0 Å². The van der Waals surface area contributed by atoms with Gasteiger partial charge in [0.25, 0.3) is 0 Å². The molecule has 56 valence electrons. The van der Waals surface area contributed by atoms with Gasteiger partial charge in [-0.05, 0) is 29.6 Å². The van der Waals surface area contributed by atoms with E-state index < -0.39 is 0 Å². The molecule has 0 unspecified atom stereocenters. The molecule has 0 saturated carbocycles. The molecule has 11 heavy (non-hydrogen) atoms. The Bertz CT molecular complexity index is 288. The maximum absolute atomic E-state index is 8.06. The molecule has 4 heteroatoms. The van der Waals surface area contributed by atoms with E-state index in [0.29, 0.717) is 6.54 Å². The van der Waals surface area contributed by atoms with Crippen molar-refractivity contribution in [1.29, 1.82) is 0 Å². The van der Waals surface area contributed by atoms with E-state index >= 15 is 0 Å². The Morgan fingerprint density at radius 3 is 3.18 bits per heavy atom. The van der Waals surface area contributed by atoms with E-state index in [1.165, 1.54) is 0 Å². The summed E-state index contributed by atoms with van der Waals surface area (Å²) in [6, 6.07) is 1.89. The van der Waals surface area contributed by atoms with Gasteiger partial charge in [-0.1, -0.05) is 5.11 Å². The first-order valence-electron chi connectivity index (χ1n) is 3.25. The number of pyridine rings is 1. The molecule has 0 bridgehead atoms. The first-order valence-corrected chi connectivity index (χ1v) is 3.25. The Morgan fingerprint density at radius 2 is 2.55 bits per heavy atom. The second-order valence-electron chi connectivity index (χ2n) is 2.19. The van der Waals surface area contributed by atoms with Gasteiger partial charge in [0.2, 0.25) is 0 Å². The average molecular weight is 148 g/mol. The molecule has 0 aliphatic rings. The quantitative estimate of drug-likeness (QED) is 0.360. The van der Waals surface area contributed by atoms with E-state index in [9.17, 15) is 0 Å². The molecule has 0 atom stereocenters. The topological polar surface area (TPSA) is 61.7 Å². The lowest BCUT2D eigenvalue weighted by Gasteiger charge is -1.97. The van der Waals surface area contributed by atoms with Gasteiger partial charge in [-0.25, -0.2) is 0 Å². The van der Waals surface area contributed by atoms with Crippen molar-refractivity contribution in [2.45, 2.75) is 13.5 Å². The monoisotopic (exact) mass is 148 g/mol. The number of aryl methyl sites for hydroxylation is 1. The highest BCUT2D eigenvalue weighted by molar-refractivity contribution is 5.20. The van der Waals surface area contributed by atoms with Crippen LogP contribution in [0.2, 0.25) is 0 Å². The highest BCUT2D eigenvalue weighted by Crippen LogP contribution is 2.05. The number of hydrogen-bond donors (Lipinski definition) is 0. The first-order chi connectivity index (χ1) is 5.34. The molecule has 1 aromatic rings. The van der Waals surface area contributed by atoms with Crippen LogP contribution in [0.3, 0.4) is 0 Å². The summed E-state index contributed by atoms with van der Waals surface area (Å²) in [6.07, 6.45) is 3.43. The highest BCUT2D eigenvalue weighted by atomic mass is 15.1. The number of rotatable bonds is 2. The third-order valence-corrected chi connectivity index (χ3v) is 1.45. The van der Waals surface area contributed by atoms with Crippen LogP contribution in [0, 0.1) is 6.92 Å². The number of aromatic nitrogens is 1. The van der Waals surface area contributed by atoms with Crippen LogP contribution in [-0.2, 0) is 6.54 Å². The number of azide groups is 1. The van der Waals surface area contributed by atoms with E-state index in [-0.39, 0.29) is 0 Å². The number of hydrogen-bond acceptors (Lipinski definition) is 2. The standard InChI is InChI=1S/C7H8N4/c1-6-2-3-9-4-7(6)5-10-11-8/h2-4H,5H2,1H3. The lowest BCUT2D eigenvalue weighted by atomic mass is 10.2. The van der Waals surface area contributed by atoms with E-state index in [2.05, 4.69) is 15.0 Å². The van der Waals surface area contributed by atoms with Crippen LogP contribution in [0.15, 0.2) is 23.6 Å². The zero-order chi connectivity index (χ0) is 8.10. The lowest BCUT2D eigenvalue weighted by molar-refractivity contribution is 1.01. The molecule has 0 amide bonds. The Kier molecular flexibility index (Phi) is 2.47. The molecule has 1 aromatic heterocycles. The molecule has 0 saturated heterocycles. The fraction of sp³-hybridized carbons (Fsp3) is 0.286. The molecule has 0 radical (unpaired) electrons. The predicted molar refractivity (Wildman–Crippen MR) is 41.8 cm³/mol. The maximum atomic E-state index is 8.06. The van der Waals surface area contributed by atoms with Crippen LogP contribution in [-0.4, -0.2) is 4.98 Å².